The van der Waals surface area contributed by atoms with Gasteiger partial charge in [0.1, 0.15) is 11.6 Å². The molecule has 2 rings (SSSR count). The number of halogens is 2. The molecule has 0 bridgehead atoms. The van der Waals surface area contributed by atoms with E-state index in [2.05, 4.69) is 0 Å². The fraction of sp³-hybridized carbons (Fsp3) is 0.133. The smallest absolute Gasteiger partial charge is 0.196 e. The summed E-state index contributed by atoms with van der Waals surface area (Å²) in [5.74, 6) is -1.39. The van der Waals surface area contributed by atoms with Crippen LogP contribution in [0.4, 0.5) is 8.78 Å². The number of benzene rings is 2. The van der Waals surface area contributed by atoms with E-state index in [9.17, 15) is 13.6 Å². The molecular formula is C15H12F2O. The fourth-order valence-electron chi connectivity index (χ4n) is 1.84. The zero-order valence-corrected chi connectivity index (χ0v) is 10.1. The van der Waals surface area contributed by atoms with E-state index < -0.39 is 17.4 Å². The Bertz CT molecular complexity index is 618. The molecule has 18 heavy (non-hydrogen) atoms. The van der Waals surface area contributed by atoms with Gasteiger partial charge in [0, 0.05) is 5.56 Å². The fourth-order valence-corrected chi connectivity index (χ4v) is 1.84. The van der Waals surface area contributed by atoms with Crippen LogP contribution >= 0.6 is 0 Å². The lowest BCUT2D eigenvalue weighted by molar-refractivity contribution is 0.103. The standard InChI is InChI=1S/C15H12F2O/c1-9-3-6-14(17)13(7-9)15(18)12-5-4-11(16)8-10(12)2/h3-8H,1-2H3. The van der Waals surface area contributed by atoms with Gasteiger partial charge in [-0.2, -0.15) is 0 Å². The predicted octanol–water partition coefficient (Wildman–Crippen LogP) is 3.81. The minimum atomic E-state index is -0.561. The molecule has 2 aromatic carbocycles. The number of hydrogen-bond acceptors (Lipinski definition) is 1. The molecule has 0 unspecified atom stereocenters. The molecule has 0 heterocycles. The van der Waals surface area contributed by atoms with Gasteiger partial charge in [0.15, 0.2) is 5.78 Å². The van der Waals surface area contributed by atoms with Crippen LogP contribution in [0.3, 0.4) is 0 Å². The SMILES string of the molecule is Cc1ccc(F)c(C(=O)c2ccc(F)cc2C)c1. The van der Waals surface area contributed by atoms with Gasteiger partial charge in [-0.1, -0.05) is 11.6 Å². The molecule has 0 radical (unpaired) electrons. The molecular weight excluding hydrogens is 234 g/mol. The zero-order valence-electron chi connectivity index (χ0n) is 10.1. The number of carbonyl (C=O) groups is 1. The van der Waals surface area contributed by atoms with Gasteiger partial charge in [0.05, 0.1) is 5.56 Å². The van der Waals surface area contributed by atoms with Gasteiger partial charge in [0.2, 0.25) is 0 Å². The van der Waals surface area contributed by atoms with Gasteiger partial charge in [-0.25, -0.2) is 8.78 Å². The van der Waals surface area contributed by atoms with Crippen LogP contribution in [0.15, 0.2) is 36.4 Å². The molecule has 0 N–H and O–H groups in total. The molecule has 0 atom stereocenters. The molecule has 0 aliphatic heterocycles. The number of carbonyl (C=O) groups excluding carboxylic acids is 1. The number of ketones is 1. The Hall–Kier alpha value is -2.03. The Kier molecular flexibility index (Phi) is 3.24. The molecule has 0 aliphatic rings. The first-order valence-electron chi connectivity index (χ1n) is 5.56. The van der Waals surface area contributed by atoms with Crippen molar-refractivity contribution in [1.82, 2.24) is 0 Å². The zero-order chi connectivity index (χ0) is 13.3. The molecule has 2 aromatic rings. The third-order valence-corrected chi connectivity index (χ3v) is 2.80. The normalized spacial score (nSPS) is 10.4. The Balaban J connectivity index is 2.51. The van der Waals surface area contributed by atoms with Crippen LogP contribution in [-0.2, 0) is 0 Å². The second kappa shape index (κ2) is 4.69. The van der Waals surface area contributed by atoms with Crippen molar-refractivity contribution >= 4 is 5.78 Å². The van der Waals surface area contributed by atoms with Gasteiger partial charge in [-0.3, -0.25) is 4.79 Å². The van der Waals surface area contributed by atoms with E-state index in [1.807, 2.05) is 0 Å². The lowest BCUT2D eigenvalue weighted by Crippen LogP contribution is -2.07. The summed E-state index contributed by atoms with van der Waals surface area (Å²) < 4.78 is 26.6. The average Bonchev–Trinajstić information content (AvgIpc) is 2.31. The van der Waals surface area contributed by atoms with Gasteiger partial charge in [-0.05, 0) is 49.7 Å². The quantitative estimate of drug-likeness (QED) is 0.736. The third-order valence-electron chi connectivity index (χ3n) is 2.80. The highest BCUT2D eigenvalue weighted by Crippen LogP contribution is 2.18. The highest BCUT2D eigenvalue weighted by molar-refractivity contribution is 6.10. The molecule has 0 fully saturated rings. The van der Waals surface area contributed by atoms with E-state index in [0.717, 1.165) is 5.56 Å². The van der Waals surface area contributed by atoms with E-state index in [1.54, 1.807) is 19.9 Å². The van der Waals surface area contributed by atoms with Crippen molar-refractivity contribution in [3.63, 3.8) is 0 Å². The van der Waals surface area contributed by atoms with E-state index in [1.165, 1.54) is 30.3 Å². The van der Waals surface area contributed by atoms with Crippen LogP contribution < -0.4 is 0 Å². The van der Waals surface area contributed by atoms with Crippen molar-refractivity contribution in [3.05, 3.63) is 70.3 Å². The summed E-state index contributed by atoms with van der Waals surface area (Å²) in [6.07, 6.45) is 0. The van der Waals surface area contributed by atoms with Crippen LogP contribution in [-0.4, -0.2) is 5.78 Å². The predicted molar refractivity (Wildman–Crippen MR) is 65.7 cm³/mol. The highest BCUT2D eigenvalue weighted by Gasteiger charge is 2.16. The lowest BCUT2D eigenvalue weighted by atomic mass is 9.97. The van der Waals surface area contributed by atoms with E-state index >= 15 is 0 Å². The van der Waals surface area contributed by atoms with Gasteiger partial charge < -0.3 is 0 Å². The lowest BCUT2D eigenvalue weighted by Gasteiger charge is -2.07. The van der Waals surface area contributed by atoms with Crippen molar-refractivity contribution in [3.8, 4) is 0 Å². The first-order valence-corrected chi connectivity index (χ1v) is 5.56. The van der Waals surface area contributed by atoms with Crippen LogP contribution in [0.25, 0.3) is 0 Å². The maximum Gasteiger partial charge on any atom is 0.196 e. The van der Waals surface area contributed by atoms with Crippen molar-refractivity contribution in [2.24, 2.45) is 0 Å². The Morgan fingerprint density at radius 3 is 2.33 bits per heavy atom. The summed E-state index contributed by atoms with van der Waals surface area (Å²) in [5.41, 5.74) is 1.64. The van der Waals surface area contributed by atoms with Crippen LogP contribution in [0.5, 0.6) is 0 Å². The van der Waals surface area contributed by atoms with E-state index in [-0.39, 0.29) is 5.56 Å². The largest absolute Gasteiger partial charge is 0.288 e. The first kappa shape index (κ1) is 12.4. The van der Waals surface area contributed by atoms with Crippen LogP contribution in [0.2, 0.25) is 0 Å². The molecule has 0 aliphatic carbocycles. The van der Waals surface area contributed by atoms with Gasteiger partial charge in [0.25, 0.3) is 0 Å². The second-order valence-corrected chi connectivity index (χ2v) is 4.27. The number of rotatable bonds is 2. The third kappa shape index (κ3) is 2.30. The molecule has 0 spiro atoms. The van der Waals surface area contributed by atoms with E-state index in [4.69, 9.17) is 0 Å². The topological polar surface area (TPSA) is 17.1 Å². The van der Waals surface area contributed by atoms with E-state index in [0.29, 0.717) is 11.1 Å². The summed E-state index contributed by atoms with van der Waals surface area (Å²) in [7, 11) is 0. The number of hydrogen-bond donors (Lipinski definition) is 0. The van der Waals surface area contributed by atoms with Crippen LogP contribution in [0.1, 0.15) is 27.0 Å². The molecule has 92 valence electrons. The van der Waals surface area contributed by atoms with Crippen LogP contribution in [0, 0.1) is 25.5 Å². The monoisotopic (exact) mass is 246 g/mol. The Morgan fingerprint density at radius 2 is 1.67 bits per heavy atom. The molecule has 0 saturated heterocycles. The molecule has 0 aromatic heterocycles. The molecule has 3 heteroatoms. The molecule has 1 nitrogen and oxygen atoms in total. The summed E-state index contributed by atoms with van der Waals surface area (Å²) in [6.45, 7) is 3.41. The maximum atomic E-state index is 13.6. The summed E-state index contributed by atoms with van der Waals surface area (Å²) in [6, 6.07) is 8.22. The maximum absolute atomic E-state index is 13.6. The van der Waals surface area contributed by atoms with Gasteiger partial charge >= 0.3 is 0 Å². The van der Waals surface area contributed by atoms with Crippen molar-refractivity contribution in [2.75, 3.05) is 0 Å². The van der Waals surface area contributed by atoms with Gasteiger partial charge in [-0.15, -0.1) is 0 Å². The minimum Gasteiger partial charge on any atom is -0.288 e. The second-order valence-electron chi connectivity index (χ2n) is 4.27. The average molecular weight is 246 g/mol. The number of aryl methyl sites for hydroxylation is 2. The van der Waals surface area contributed by atoms with Crippen molar-refractivity contribution < 1.29 is 13.6 Å². The van der Waals surface area contributed by atoms with Crippen molar-refractivity contribution in [2.45, 2.75) is 13.8 Å². The Morgan fingerprint density at radius 1 is 0.944 bits per heavy atom. The Labute approximate surface area is 104 Å². The van der Waals surface area contributed by atoms with Crippen molar-refractivity contribution in [1.29, 1.82) is 0 Å². The highest BCUT2D eigenvalue weighted by atomic mass is 19.1. The summed E-state index contributed by atoms with van der Waals surface area (Å²) in [5, 5.41) is 0. The summed E-state index contributed by atoms with van der Waals surface area (Å²) >= 11 is 0. The molecule has 0 saturated carbocycles. The molecule has 0 amide bonds. The minimum absolute atomic E-state index is 0.0182. The first-order chi connectivity index (χ1) is 8.49. The summed E-state index contributed by atoms with van der Waals surface area (Å²) in [4.78, 5) is 12.2.